The highest BCUT2D eigenvalue weighted by Gasteiger charge is 2.38. The summed E-state index contributed by atoms with van der Waals surface area (Å²) in [6.45, 7) is 2.46. The third-order valence-corrected chi connectivity index (χ3v) is 4.58. The first-order chi connectivity index (χ1) is 10.6. The van der Waals surface area contributed by atoms with E-state index in [-0.39, 0.29) is 6.42 Å². The van der Waals surface area contributed by atoms with E-state index in [1.807, 2.05) is 55.5 Å². The summed E-state index contributed by atoms with van der Waals surface area (Å²) in [6.07, 6.45) is -2.47. The van der Waals surface area contributed by atoms with E-state index < -0.39 is 11.8 Å². The lowest BCUT2D eigenvalue weighted by atomic mass is 9.75. The molecule has 1 aliphatic rings. The van der Waals surface area contributed by atoms with E-state index >= 15 is 0 Å². The highest BCUT2D eigenvalue weighted by atomic mass is 19.3. The zero-order valence-electron chi connectivity index (χ0n) is 12.3. The van der Waals surface area contributed by atoms with Crippen LogP contribution in [-0.4, -0.2) is 16.0 Å². The largest absolute Gasteiger partial charge is 0.323 e. The van der Waals surface area contributed by atoms with Crippen molar-refractivity contribution >= 4 is 11.0 Å². The van der Waals surface area contributed by atoms with Crippen molar-refractivity contribution in [3.8, 4) is 11.4 Å². The number of para-hydroxylation sites is 2. The Morgan fingerprint density at radius 2 is 1.86 bits per heavy atom. The Bertz CT molecular complexity index is 853. The summed E-state index contributed by atoms with van der Waals surface area (Å²) in [5.41, 5.74) is 3.27. The molecular formula is C18H16F2N2. The number of hydrogen-bond acceptors (Lipinski definition) is 1. The average molecular weight is 298 g/mol. The number of alkyl halides is 2. The smallest absolute Gasteiger partial charge is 0.239 e. The number of fused-ring (bicyclic) bond motifs is 5. The number of nitrogens with zero attached hydrogens (tertiary/aromatic N) is 2. The first-order valence-electron chi connectivity index (χ1n) is 7.42. The predicted octanol–water partition coefficient (Wildman–Crippen LogP) is 4.63. The number of benzene rings is 2. The maximum absolute atomic E-state index is 13.1. The fourth-order valence-corrected chi connectivity index (χ4v) is 3.59. The molecule has 1 atom stereocenters. The van der Waals surface area contributed by atoms with Crippen molar-refractivity contribution < 1.29 is 8.78 Å². The molecule has 0 aliphatic carbocycles. The van der Waals surface area contributed by atoms with Gasteiger partial charge in [0.1, 0.15) is 5.82 Å². The Hall–Kier alpha value is -2.23. The zero-order valence-corrected chi connectivity index (χ0v) is 12.3. The lowest BCUT2D eigenvalue weighted by molar-refractivity contribution is 0.101. The molecule has 1 unspecified atom stereocenters. The monoisotopic (exact) mass is 298 g/mol. The topological polar surface area (TPSA) is 17.8 Å². The van der Waals surface area contributed by atoms with Crippen molar-refractivity contribution in [1.29, 1.82) is 0 Å². The van der Waals surface area contributed by atoms with Crippen LogP contribution in [0.15, 0.2) is 48.5 Å². The zero-order chi connectivity index (χ0) is 15.3. The molecule has 0 fully saturated rings. The Morgan fingerprint density at radius 1 is 1.14 bits per heavy atom. The molecule has 3 aromatic rings. The van der Waals surface area contributed by atoms with Crippen LogP contribution in [0.1, 0.15) is 18.9 Å². The second kappa shape index (κ2) is 4.63. The van der Waals surface area contributed by atoms with Gasteiger partial charge in [0.2, 0.25) is 6.43 Å². The van der Waals surface area contributed by atoms with E-state index in [1.165, 1.54) is 0 Å². The fraction of sp³-hybridized carbons (Fsp3) is 0.278. The van der Waals surface area contributed by atoms with Crippen LogP contribution in [0.5, 0.6) is 0 Å². The predicted molar refractivity (Wildman–Crippen MR) is 83.1 cm³/mol. The molecule has 2 nitrogen and oxygen atoms in total. The molecule has 2 heterocycles. The van der Waals surface area contributed by atoms with Crippen LogP contribution in [0.25, 0.3) is 22.4 Å². The van der Waals surface area contributed by atoms with Gasteiger partial charge in [-0.2, -0.15) is 0 Å². The summed E-state index contributed by atoms with van der Waals surface area (Å²) in [4.78, 5) is 4.71. The van der Waals surface area contributed by atoms with Gasteiger partial charge in [-0.3, -0.25) is 0 Å². The van der Waals surface area contributed by atoms with Gasteiger partial charge in [0.05, 0.1) is 11.0 Å². The van der Waals surface area contributed by atoms with Crippen LogP contribution < -0.4 is 0 Å². The van der Waals surface area contributed by atoms with Crippen molar-refractivity contribution in [3.63, 3.8) is 0 Å². The van der Waals surface area contributed by atoms with Crippen LogP contribution in [0, 0.1) is 0 Å². The summed E-state index contributed by atoms with van der Waals surface area (Å²) in [5, 5.41) is 0. The molecule has 0 bridgehead atoms. The summed E-state index contributed by atoms with van der Waals surface area (Å²) in [6, 6.07) is 15.7. The van der Waals surface area contributed by atoms with Crippen molar-refractivity contribution in [3.05, 3.63) is 54.1 Å². The Labute approximate surface area is 127 Å². The molecule has 2 aromatic carbocycles. The van der Waals surface area contributed by atoms with Crippen molar-refractivity contribution in [2.24, 2.45) is 0 Å². The van der Waals surface area contributed by atoms with Gasteiger partial charge in [0.15, 0.2) is 0 Å². The molecule has 22 heavy (non-hydrogen) atoms. The van der Waals surface area contributed by atoms with Gasteiger partial charge in [-0.15, -0.1) is 0 Å². The van der Waals surface area contributed by atoms with Crippen LogP contribution in [0.4, 0.5) is 8.78 Å². The molecule has 0 saturated carbocycles. The Morgan fingerprint density at radius 3 is 2.68 bits per heavy atom. The second-order valence-electron chi connectivity index (χ2n) is 6.21. The van der Waals surface area contributed by atoms with Gasteiger partial charge in [0.25, 0.3) is 0 Å². The van der Waals surface area contributed by atoms with Gasteiger partial charge >= 0.3 is 0 Å². The summed E-state index contributed by atoms with van der Waals surface area (Å²) < 4.78 is 28.4. The van der Waals surface area contributed by atoms with E-state index in [0.717, 1.165) is 28.0 Å². The third-order valence-electron chi connectivity index (χ3n) is 4.58. The number of imidazole rings is 1. The summed E-state index contributed by atoms with van der Waals surface area (Å²) >= 11 is 0. The first-order valence-corrected chi connectivity index (χ1v) is 7.42. The van der Waals surface area contributed by atoms with Crippen LogP contribution in [0.3, 0.4) is 0 Å². The Kier molecular flexibility index (Phi) is 2.83. The quantitative estimate of drug-likeness (QED) is 0.674. The number of hydrogen-bond donors (Lipinski definition) is 0. The second-order valence-corrected chi connectivity index (χ2v) is 6.21. The van der Waals surface area contributed by atoms with Gasteiger partial charge < -0.3 is 4.57 Å². The maximum atomic E-state index is 13.1. The normalized spacial score (nSPS) is 20.2. The molecule has 112 valence electrons. The van der Waals surface area contributed by atoms with E-state index in [9.17, 15) is 8.78 Å². The summed E-state index contributed by atoms with van der Waals surface area (Å²) in [5.74, 6) is 0.878. The summed E-state index contributed by atoms with van der Waals surface area (Å²) in [7, 11) is 0. The van der Waals surface area contributed by atoms with E-state index in [2.05, 4.69) is 4.57 Å². The minimum absolute atomic E-state index is 0.143. The lowest BCUT2D eigenvalue weighted by Crippen LogP contribution is -2.34. The molecule has 4 heteroatoms. The molecule has 4 rings (SSSR count). The van der Waals surface area contributed by atoms with Crippen molar-refractivity contribution in [2.75, 3.05) is 0 Å². The van der Waals surface area contributed by atoms with E-state index in [1.54, 1.807) is 0 Å². The van der Waals surface area contributed by atoms with E-state index in [0.29, 0.717) is 6.54 Å². The third kappa shape index (κ3) is 1.86. The van der Waals surface area contributed by atoms with Gasteiger partial charge in [-0.25, -0.2) is 13.8 Å². The van der Waals surface area contributed by atoms with Gasteiger partial charge in [-0.1, -0.05) is 43.3 Å². The average Bonchev–Trinajstić information content (AvgIpc) is 2.85. The van der Waals surface area contributed by atoms with Crippen molar-refractivity contribution in [2.45, 2.75) is 31.7 Å². The lowest BCUT2D eigenvalue weighted by Gasteiger charge is -2.36. The number of halogens is 2. The molecule has 0 saturated heterocycles. The van der Waals surface area contributed by atoms with Crippen LogP contribution >= 0.6 is 0 Å². The molecule has 0 radical (unpaired) electrons. The molecule has 1 aliphatic heterocycles. The van der Waals surface area contributed by atoms with Crippen LogP contribution in [0.2, 0.25) is 0 Å². The Balaban J connectivity index is 2.00. The van der Waals surface area contributed by atoms with Gasteiger partial charge in [0, 0.05) is 23.9 Å². The van der Waals surface area contributed by atoms with E-state index in [4.69, 9.17) is 4.98 Å². The van der Waals surface area contributed by atoms with Crippen LogP contribution in [-0.2, 0) is 12.0 Å². The minimum atomic E-state index is -2.32. The molecule has 0 amide bonds. The highest BCUT2D eigenvalue weighted by Crippen LogP contribution is 2.44. The molecule has 1 aromatic heterocycles. The highest BCUT2D eigenvalue weighted by molar-refractivity contribution is 5.82. The molecule has 0 spiro atoms. The standard InChI is InChI=1S/C18H16F2N2/c1-18(10-16(19)20)11-22-15-9-5-4-8-14(15)21-17(22)12-6-2-3-7-13(12)18/h2-9,16H,10-11H2,1H3. The minimum Gasteiger partial charge on any atom is -0.323 e. The number of rotatable bonds is 2. The maximum Gasteiger partial charge on any atom is 0.239 e. The molecule has 0 N–H and O–H groups in total. The SMILES string of the molecule is CC1(CC(F)F)Cn2c(nc3ccccc32)-c2ccccc21. The number of aromatic nitrogens is 2. The first kappa shape index (κ1) is 13.4. The van der Waals surface area contributed by atoms with Crippen molar-refractivity contribution in [1.82, 2.24) is 9.55 Å². The molecular weight excluding hydrogens is 282 g/mol. The fourth-order valence-electron chi connectivity index (χ4n) is 3.59. The van der Waals surface area contributed by atoms with Gasteiger partial charge in [-0.05, 0) is 17.7 Å².